The van der Waals surface area contributed by atoms with Gasteiger partial charge in [-0.15, -0.1) is 0 Å². The number of nitrogens with one attached hydrogen (secondary N) is 1. The zero-order valence-corrected chi connectivity index (χ0v) is 9.69. The van der Waals surface area contributed by atoms with E-state index >= 15 is 0 Å². The van der Waals surface area contributed by atoms with Crippen LogP contribution in [0.1, 0.15) is 24.8 Å². The van der Waals surface area contributed by atoms with Gasteiger partial charge in [0.25, 0.3) is 0 Å². The predicted octanol–water partition coefficient (Wildman–Crippen LogP) is 1.54. The first-order chi connectivity index (χ1) is 7.33. The van der Waals surface area contributed by atoms with Gasteiger partial charge >= 0.3 is 0 Å². The summed E-state index contributed by atoms with van der Waals surface area (Å²) in [5, 5.41) is 7.07. The van der Waals surface area contributed by atoms with Gasteiger partial charge in [0.1, 0.15) is 0 Å². The first-order valence-corrected chi connectivity index (χ1v) is 6.25. The standard InChI is InChI=1S/C11H18N2OS/c12-6-2-1-3-11(14)13-7-4-10-5-8-15-9-10/h5,8-9H,1-4,6-7,12H2,(H,13,14). The van der Waals surface area contributed by atoms with Crippen LogP contribution in [0.3, 0.4) is 0 Å². The predicted molar refractivity (Wildman–Crippen MR) is 63.9 cm³/mol. The van der Waals surface area contributed by atoms with E-state index in [1.54, 1.807) is 11.3 Å². The third-order valence-electron chi connectivity index (χ3n) is 2.17. The molecule has 1 aromatic rings. The van der Waals surface area contributed by atoms with Crippen molar-refractivity contribution in [2.24, 2.45) is 5.73 Å². The van der Waals surface area contributed by atoms with Crippen LogP contribution in [-0.2, 0) is 11.2 Å². The van der Waals surface area contributed by atoms with Crippen molar-refractivity contribution in [2.75, 3.05) is 13.1 Å². The van der Waals surface area contributed by atoms with E-state index in [1.165, 1.54) is 5.56 Å². The fraction of sp³-hybridized carbons (Fsp3) is 0.545. The maximum Gasteiger partial charge on any atom is 0.220 e. The zero-order valence-electron chi connectivity index (χ0n) is 8.87. The number of hydrogen-bond donors (Lipinski definition) is 2. The first kappa shape index (κ1) is 12.2. The Bertz CT molecular complexity index is 272. The summed E-state index contributed by atoms with van der Waals surface area (Å²) < 4.78 is 0. The minimum atomic E-state index is 0.138. The van der Waals surface area contributed by atoms with Gasteiger partial charge in [-0.2, -0.15) is 11.3 Å². The van der Waals surface area contributed by atoms with E-state index in [1.807, 2.05) is 0 Å². The molecule has 0 saturated carbocycles. The number of amides is 1. The van der Waals surface area contributed by atoms with Gasteiger partial charge in [0.15, 0.2) is 0 Å². The molecule has 1 heterocycles. The van der Waals surface area contributed by atoms with Crippen molar-refractivity contribution in [1.29, 1.82) is 0 Å². The number of thiophene rings is 1. The highest BCUT2D eigenvalue weighted by molar-refractivity contribution is 7.07. The van der Waals surface area contributed by atoms with Crippen molar-refractivity contribution in [3.63, 3.8) is 0 Å². The largest absolute Gasteiger partial charge is 0.356 e. The SMILES string of the molecule is NCCCCC(=O)NCCc1ccsc1. The smallest absolute Gasteiger partial charge is 0.220 e. The Morgan fingerprint density at radius 1 is 1.47 bits per heavy atom. The average Bonchev–Trinajstić information content (AvgIpc) is 2.71. The first-order valence-electron chi connectivity index (χ1n) is 5.31. The molecule has 3 N–H and O–H groups in total. The summed E-state index contributed by atoms with van der Waals surface area (Å²) in [5.41, 5.74) is 6.64. The molecule has 0 atom stereocenters. The molecule has 0 aromatic carbocycles. The molecule has 0 aliphatic carbocycles. The van der Waals surface area contributed by atoms with Crippen LogP contribution >= 0.6 is 11.3 Å². The molecular formula is C11H18N2OS. The van der Waals surface area contributed by atoms with Crippen molar-refractivity contribution in [2.45, 2.75) is 25.7 Å². The van der Waals surface area contributed by atoms with Crippen LogP contribution in [0.2, 0.25) is 0 Å². The second-order valence-electron chi connectivity index (χ2n) is 3.48. The van der Waals surface area contributed by atoms with Gasteiger partial charge in [-0.3, -0.25) is 4.79 Å². The molecule has 84 valence electrons. The highest BCUT2D eigenvalue weighted by Gasteiger charge is 2.00. The molecule has 4 heteroatoms. The Hall–Kier alpha value is -0.870. The molecule has 0 saturated heterocycles. The highest BCUT2D eigenvalue weighted by Crippen LogP contribution is 2.05. The Morgan fingerprint density at radius 2 is 2.33 bits per heavy atom. The van der Waals surface area contributed by atoms with Gasteiger partial charge in [-0.05, 0) is 48.2 Å². The molecule has 0 unspecified atom stereocenters. The molecule has 0 aliphatic heterocycles. The molecule has 1 aromatic heterocycles. The van der Waals surface area contributed by atoms with Crippen LogP contribution in [-0.4, -0.2) is 19.0 Å². The molecule has 3 nitrogen and oxygen atoms in total. The third-order valence-corrected chi connectivity index (χ3v) is 2.91. The zero-order chi connectivity index (χ0) is 10.9. The lowest BCUT2D eigenvalue weighted by molar-refractivity contribution is -0.121. The van der Waals surface area contributed by atoms with E-state index in [-0.39, 0.29) is 5.91 Å². The third kappa shape index (κ3) is 5.54. The van der Waals surface area contributed by atoms with Crippen LogP contribution in [0.5, 0.6) is 0 Å². The van der Waals surface area contributed by atoms with Crippen molar-refractivity contribution in [3.05, 3.63) is 22.4 Å². The van der Waals surface area contributed by atoms with Gasteiger partial charge in [0, 0.05) is 13.0 Å². The molecule has 0 spiro atoms. The molecule has 0 fully saturated rings. The summed E-state index contributed by atoms with van der Waals surface area (Å²) in [5.74, 6) is 0.138. The quantitative estimate of drug-likeness (QED) is 0.693. The second kappa shape index (κ2) is 7.43. The maximum absolute atomic E-state index is 11.3. The van der Waals surface area contributed by atoms with Gasteiger partial charge in [-0.25, -0.2) is 0 Å². The van der Waals surface area contributed by atoms with Gasteiger partial charge < -0.3 is 11.1 Å². The summed E-state index contributed by atoms with van der Waals surface area (Å²) in [6, 6.07) is 2.09. The monoisotopic (exact) mass is 226 g/mol. The maximum atomic E-state index is 11.3. The second-order valence-corrected chi connectivity index (χ2v) is 4.26. The van der Waals surface area contributed by atoms with Gasteiger partial charge in [0.05, 0.1) is 0 Å². The summed E-state index contributed by atoms with van der Waals surface area (Å²) >= 11 is 1.69. The van der Waals surface area contributed by atoms with Crippen LogP contribution < -0.4 is 11.1 Å². The van der Waals surface area contributed by atoms with E-state index < -0.39 is 0 Å². The van der Waals surface area contributed by atoms with E-state index in [9.17, 15) is 4.79 Å². The Balaban J connectivity index is 2.02. The van der Waals surface area contributed by atoms with E-state index in [0.717, 1.165) is 25.8 Å². The van der Waals surface area contributed by atoms with Crippen LogP contribution in [0, 0.1) is 0 Å². The number of unbranched alkanes of at least 4 members (excludes halogenated alkanes) is 1. The fourth-order valence-corrected chi connectivity index (χ4v) is 2.00. The lowest BCUT2D eigenvalue weighted by atomic mass is 10.2. The highest BCUT2D eigenvalue weighted by atomic mass is 32.1. The summed E-state index contributed by atoms with van der Waals surface area (Å²) in [4.78, 5) is 11.3. The van der Waals surface area contributed by atoms with E-state index in [0.29, 0.717) is 13.0 Å². The van der Waals surface area contributed by atoms with Crippen LogP contribution in [0.15, 0.2) is 16.8 Å². The topological polar surface area (TPSA) is 55.1 Å². The van der Waals surface area contributed by atoms with Gasteiger partial charge in [0.2, 0.25) is 5.91 Å². The minimum Gasteiger partial charge on any atom is -0.356 e. The van der Waals surface area contributed by atoms with Crippen LogP contribution in [0.25, 0.3) is 0 Å². The lowest BCUT2D eigenvalue weighted by Crippen LogP contribution is -2.25. The van der Waals surface area contributed by atoms with Crippen molar-refractivity contribution in [1.82, 2.24) is 5.32 Å². The molecule has 15 heavy (non-hydrogen) atoms. The summed E-state index contributed by atoms with van der Waals surface area (Å²) in [6.07, 6.45) is 3.34. The summed E-state index contributed by atoms with van der Waals surface area (Å²) in [7, 11) is 0. The molecule has 1 amide bonds. The number of hydrogen-bond acceptors (Lipinski definition) is 3. The minimum absolute atomic E-state index is 0.138. The Morgan fingerprint density at radius 3 is 3.00 bits per heavy atom. The average molecular weight is 226 g/mol. The number of rotatable bonds is 7. The fourth-order valence-electron chi connectivity index (χ4n) is 1.30. The number of carbonyl (C=O) groups excluding carboxylic acids is 1. The summed E-state index contributed by atoms with van der Waals surface area (Å²) in [6.45, 7) is 1.40. The van der Waals surface area contributed by atoms with Crippen molar-refractivity contribution < 1.29 is 4.79 Å². The molecule has 0 radical (unpaired) electrons. The lowest BCUT2D eigenvalue weighted by Gasteiger charge is -2.03. The number of carbonyl (C=O) groups is 1. The Kier molecular flexibility index (Phi) is 6.04. The Labute approximate surface area is 94.7 Å². The molecule has 0 bridgehead atoms. The number of nitrogens with two attached hydrogens (primary N) is 1. The normalized spacial score (nSPS) is 10.2. The van der Waals surface area contributed by atoms with E-state index in [2.05, 4.69) is 22.1 Å². The van der Waals surface area contributed by atoms with Crippen molar-refractivity contribution in [3.8, 4) is 0 Å². The van der Waals surface area contributed by atoms with Crippen molar-refractivity contribution >= 4 is 17.2 Å². The van der Waals surface area contributed by atoms with Crippen LogP contribution in [0.4, 0.5) is 0 Å². The van der Waals surface area contributed by atoms with E-state index in [4.69, 9.17) is 5.73 Å². The molecular weight excluding hydrogens is 208 g/mol. The molecule has 1 rings (SSSR count). The van der Waals surface area contributed by atoms with Gasteiger partial charge in [-0.1, -0.05) is 0 Å². The molecule has 0 aliphatic rings.